The number of rotatable bonds is 2. The molecule has 0 aliphatic heterocycles. The fraction of sp³-hybridized carbons (Fsp3) is 0.0435. The zero-order chi connectivity index (χ0) is 21.9. The first kappa shape index (κ1) is 19.7. The first-order chi connectivity index (χ1) is 14.9. The third-order valence-corrected chi connectivity index (χ3v) is 6.86. The molecule has 0 unspecified atom stereocenters. The highest BCUT2D eigenvalue weighted by molar-refractivity contribution is 7.19. The second kappa shape index (κ2) is 7.17. The van der Waals surface area contributed by atoms with Crippen molar-refractivity contribution in [3.05, 3.63) is 85.6 Å². The average Bonchev–Trinajstić information content (AvgIpc) is 3.37. The normalized spacial score (nSPS) is 13.0. The highest BCUT2D eigenvalue weighted by Gasteiger charge is 2.34. The number of aryl methyl sites for hydroxylation is 1. The van der Waals surface area contributed by atoms with Crippen molar-refractivity contribution in [3.8, 4) is 11.3 Å². The lowest BCUT2D eigenvalue weighted by molar-refractivity contribution is 0.0990. The van der Waals surface area contributed by atoms with E-state index >= 15 is 0 Å². The van der Waals surface area contributed by atoms with E-state index in [1.807, 2.05) is 29.8 Å². The topological polar surface area (TPSA) is 56.3 Å². The fourth-order valence-electron chi connectivity index (χ4n) is 3.63. The van der Waals surface area contributed by atoms with E-state index in [1.54, 1.807) is 12.1 Å². The Balaban J connectivity index is 1.53. The number of allylic oxidation sites excluding steroid dienone is 1. The Hall–Kier alpha value is -3.24. The van der Waals surface area contributed by atoms with Crippen LogP contribution in [0.15, 0.2) is 48.0 Å². The lowest BCUT2D eigenvalue weighted by Crippen LogP contribution is -2.00. The molecule has 0 amide bonds. The minimum absolute atomic E-state index is 0.0577. The summed E-state index contributed by atoms with van der Waals surface area (Å²) in [5.41, 5.74) is 3.86. The first-order valence-corrected chi connectivity index (χ1v) is 10.7. The van der Waals surface area contributed by atoms with E-state index in [2.05, 4.69) is 9.83 Å². The third-order valence-electron chi connectivity index (χ3n) is 5.20. The van der Waals surface area contributed by atoms with Gasteiger partial charge in [0, 0.05) is 18.2 Å². The van der Waals surface area contributed by atoms with Gasteiger partial charge in [0.1, 0.15) is 5.01 Å². The van der Waals surface area contributed by atoms with Crippen LogP contribution >= 0.6 is 34.5 Å². The second-order valence-corrected chi connectivity index (χ2v) is 8.89. The number of ketones is 2. The van der Waals surface area contributed by atoms with Crippen molar-refractivity contribution in [1.29, 1.82) is 0 Å². The molecule has 31 heavy (non-hydrogen) atoms. The molecule has 0 spiro atoms. The zero-order valence-electron chi connectivity index (χ0n) is 15.9. The SMILES string of the molecule is [C-]#[N+]c1ccc(-c2cc3sc(C=C4C(=O)c5cc(Cl)c(Cl)cc5C4=O)nc3n2C)cc1. The number of carbonyl (C=O) groups excluding carboxylic acids is 2. The van der Waals surface area contributed by atoms with Crippen molar-refractivity contribution in [1.82, 2.24) is 9.55 Å². The molecule has 1 aliphatic rings. The molecule has 5 rings (SSSR count). The van der Waals surface area contributed by atoms with Gasteiger partial charge in [-0.25, -0.2) is 9.83 Å². The lowest BCUT2D eigenvalue weighted by atomic mass is 10.1. The number of halogens is 2. The molecule has 8 heteroatoms. The summed E-state index contributed by atoms with van der Waals surface area (Å²) in [5.74, 6) is -0.753. The molecule has 4 aromatic rings. The van der Waals surface area contributed by atoms with E-state index in [9.17, 15) is 9.59 Å². The Morgan fingerprint density at radius 3 is 2.19 bits per heavy atom. The van der Waals surface area contributed by atoms with Gasteiger partial charge in [0.2, 0.25) is 0 Å². The van der Waals surface area contributed by atoms with Gasteiger partial charge in [0.15, 0.2) is 22.9 Å². The monoisotopic (exact) mass is 463 g/mol. The Morgan fingerprint density at radius 1 is 1.03 bits per heavy atom. The Morgan fingerprint density at radius 2 is 1.65 bits per heavy atom. The van der Waals surface area contributed by atoms with Gasteiger partial charge < -0.3 is 4.57 Å². The number of benzene rings is 2. The van der Waals surface area contributed by atoms with Crippen LogP contribution in [0, 0.1) is 6.57 Å². The largest absolute Gasteiger partial charge is 0.328 e. The van der Waals surface area contributed by atoms with Crippen LogP contribution in [0.4, 0.5) is 5.69 Å². The van der Waals surface area contributed by atoms with Gasteiger partial charge in [-0.05, 0) is 29.8 Å². The second-order valence-electron chi connectivity index (χ2n) is 7.02. The minimum atomic E-state index is -0.376. The molecule has 0 N–H and O–H groups in total. The number of fused-ring (bicyclic) bond motifs is 2. The van der Waals surface area contributed by atoms with Crippen LogP contribution in [-0.4, -0.2) is 21.1 Å². The molecule has 5 nitrogen and oxygen atoms in total. The summed E-state index contributed by atoms with van der Waals surface area (Å²) in [4.78, 5) is 33.5. The number of carbonyl (C=O) groups is 2. The van der Waals surface area contributed by atoms with Crippen molar-refractivity contribution >= 4 is 68.2 Å². The Bertz CT molecular complexity index is 1460. The van der Waals surface area contributed by atoms with E-state index in [4.69, 9.17) is 29.8 Å². The van der Waals surface area contributed by atoms with E-state index in [1.165, 1.54) is 29.5 Å². The van der Waals surface area contributed by atoms with Gasteiger partial charge in [0.25, 0.3) is 0 Å². The maximum absolute atomic E-state index is 12.7. The van der Waals surface area contributed by atoms with Gasteiger partial charge in [-0.15, -0.1) is 11.3 Å². The van der Waals surface area contributed by atoms with Crippen molar-refractivity contribution in [2.24, 2.45) is 7.05 Å². The summed E-state index contributed by atoms with van der Waals surface area (Å²) in [6.07, 6.45) is 1.53. The number of thiazole rings is 1. The highest BCUT2D eigenvalue weighted by Crippen LogP contribution is 2.36. The first-order valence-electron chi connectivity index (χ1n) is 9.11. The van der Waals surface area contributed by atoms with E-state index in [0.29, 0.717) is 10.7 Å². The van der Waals surface area contributed by atoms with Crippen molar-refractivity contribution in [2.75, 3.05) is 0 Å². The van der Waals surface area contributed by atoms with Crippen molar-refractivity contribution in [2.45, 2.75) is 0 Å². The molecule has 1 aliphatic carbocycles. The van der Waals surface area contributed by atoms with E-state index in [-0.39, 0.29) is 38.3 Å². The maximum Gasteiger partial charge on any atom is 0.197 e. The minimum Gasteiger partial charge on any atom is -0.328 e. The Kier molecular flexibility index (Phi) is 4.56. The molecule has 0 radical (unpaired) electrons. The van der Waals surface area contributed by atoms with Crippen LogP contribution < -0.4 is 0 Å². The summed E-state index contributed by atoms with van der Waals surface area (Å²) >= 11 is 13.4. The zero-order valence-corrected chi connectivity index (χ0v) is 18.3. The van der Waals surface area contributed by atoms with Gasteiger partial charge in [-0.2, -0.15) is 0 Å². The molecule has 0 bridgehead atoms. The quantitative estimate of drug-likeness (QED) is 0.190. The molecule has 0 saturated carbocycles. The number of Topliss-reactive ketones (excluding diaryl/α,β-unsaturated/α-hetero) is 2. The summed E-state index contributed by atoms with van der Waals surface area (Å²) in [6.45, 7) is 7.08. The summed E-state index contributed by atoms with van der Waals surface area (Å²) in [5, 5.41) is 1.04. The molecule has 0 fully saturated rings. The number of hydrogen-bond acceptors (Lipinski definition) is 4. The van der Waals surface area contributed by atoms with Crippen molar-refractivity contribution < 1.29 is 9.59 Å². The van der Waals surface area contributed by atoms with Crippen LogP contribution in [0.1, 0.15) is 25.7 Å². The van der Waals surface area contributed by atoms with Crippen LogP contribution in [0.25, 0.3) is 32.5 Å². The highest BCUT2D eigenvalue weighted by atomic mass is 35.5. The number of nitrogens with zero attached hydrogens (tertiary/aromatic N) is 3. The molecular formula is C23H11Cl2N3O2S. The smallest absolute Gasteiger partial charge is 0.197 e. The summed E-state index contributed by atoms with van der Waals surface area (Å²) in [6, 6.07) is 12.2. The molecule has 2 aromatic carbocycles. The lowest BCUT2D eigenvalue weighted by Gasteiger charge is -2.03. The molecular weight excluding hydrogens is 453 g/mol. The fourth-order valence-corrected chi connectivity index (χ4v) is 4.93. The number of hydrogen-bond donors (Lipinski definition) is 0. The maximum atomic E-state index is 12.7. The predicted octanol–water partition coefficient (Wildman–Crippen LogP) is 6.62. The molecule has 150 valence electrons. The van der Waals surface area contributed by atoms with Crippen LogP contribution in [0.3, 0.4) is 0 Å². The third kappa shape index (κ3) is 3.10. The van der Waals surface area contributed by atoms with Crippen LogP contribution in [0.2, 0.25) is 10.0 Å². The van der Waals surface area contributed by atoms with Gasteiger partial charge >= 0.3 is 0 Å². The standard InChI is InChI=1S/C23H11Cl2N3O2S/c1-26-12-5-3-11(4-6-12)18-10-19-23(28(18)2)27-20(31-19)9-15-21(29)13-7-16(24)17(25)8-14(13)22(15)30/h3-10H,2H3. The Labute approximate surface area is 191 Å². The van der Waals surface area contributed by atoms with Crippen molar-refractivity contribution in [3.63, 3.8) is 0 Å². The van der Waals surface area contributed by atoms with Gasteiger partial charge in [-0.1, -0.05) is 47.5 Å². The van der Waals surface area contributed by atoms with E-state index < -0.39 is 0 Å². The number of aromatic nitrogens is 2. The molecule has 0 atom stereocenters. The van der Waals surface area contributed by atoms with Crippen LogP contribution in [0.5, 0.6) is 0 Å². The van der Waals surface area contributed by atoms with E-state index in [0.717, 1.165) is 21.6 Å². The molecule has 2 aromatic heterocycles. The molecule has 0 saturated heterocycles. The molecule has 2 heterocycles. The summed E-state index contributed by atoms with van der Waals surface area (Å²) < 4.78 is 2.88. The summed E-state index contributed by atoms with van der Waals surface area (Å²) in [7, 11) is 1.91. The van der Waals surface area contributed by atoms with Gasteiger partial charge in [-0.3, -0.25) is 9.59 Å². The van der Waals surface area contributed by atoms with Gasteiger partial charge in [0.05, 0.1) is 32.6 Å². The predicted molar refractivity (Wildman–Crippen MR) is 123 cm³/mol. The average molecular weight is 464 g/mol. The van der Waals surface area contributed by atoms with Crippen LogP contribution in [-0.2, 0) is 7.05 Å².